The highest BCUT2D eigenvalue weighted by Crippen LogP contribution is 2.19. The van der Waals surface area contributed by atoms with Gasteiger partial charge >= 0.3 is 0 Å². The summed E-state index contributed by atoms with van der Waals surface area (Å²) in [4.78, 5) is 25.9. The Morgan fingerprint density at radius 2 is 1.79 bits per heavy atom. The molecule has 0 spiro atoms. The van der Waals surface area contributed by atoms with Gasteiger partial charge in [-0.05, 0) is 30.2 Å². The fourth-order valence-corrected chi connectivity index (χ4v) is 2.40. The number of anilines is 1. The van der Waals surface area contributed by atoms with E-state index in [1.807, 2.05) is 43.3 Å². The van der Waals surface area contributed by atoms with Crippen molar-refractivity contribution in [1.82, 2.24) is 4.90 Å². The number of hydrogen-bond acceptors (Lipinski definition) is 3. The molecule has 0 heterocycles. The van der Waals surface area contributed by atoms with Crippen molar-refractivity contribution in [2.24, 2.45) is 5.73 Å². The second-order valence-corrected chi connectivity index (χ2v) is 6.00. The third-order valence-corrected chi connectivity index (χ3v) is 3.79. The number of nitrogens with one attached hydrogen (secondary N) is 1. The average molecular weight is 325 g/mol. The van der Waals surface area contributed by atoms with E-state index in [2.05, 4.69) is 5.32 Å². The first-order valence-corrected chi connectivity index (χ1v) is 7.81. The highest BCUT2D eigenvalue weighted by Gasteiger charge is 2.14. The van der Waals surface area contributed by atoms with Crippen molar-refractivity contribution in [3.63, 3.8) is 0 Å². The Kier molecular flexibility index (Phi) is 5.71. The maximum atomic E-state index is 12.2. The lowest BCUT2D eigenvalue weighted by molar-refractivity contribution is -0.116. The smallest absolute Gasteiger partial charge is 0.253 e. The van der Waals surface area contributed by atoms with Gasteiger partial charge in [-0.1, -0.05) is 36.4 Å². The number of rotatable bonds is 5. The molecule has 2 rings (SSSR count). The molecule has 0 fully saturated rings. The molecule has 24 heavy (non-hydrogen) atoms. The highest BCUT2D eigenvalue weighted by atomic mass is 16.2. The van der Waals surface area contributed by atoms with E-state index in [0.717, 1.165) is 11.1 Å². The zero-order chi connectivity index (χ0) is 17.7. The molecule has 0 bridgehead atoms. The molecule has 0 saturated carbocycles. The van der Waals surface area contributed by atoms with Gasteiger partial charge < -0.3 is 16.0 Å². The second kappa shape index (κ2) is 7.75. The quantitative estimate of drug-likeness (QED) is 0.887. The normalized spacial score (nSPS) is 11.7. The van der Waals surface area contributed by atoms with E-state index in [1.165, 1.54) is 4.90 Å². The predicted octanol–water partition coefficient (Wildman–Crippen LogP) is 2.73. The largest absolute Gasteiger partial charge is 0.345 e. The van der Waals surface area contributed by atoms with Crippen LogP contribution in [0.25, 0.3) is 0 Å². The number of nitrogens with zero attached hydrogens (tertiary/aromatic N) is 1. The van der Waals surface area contributed by atoms with Crippen molar-refractivity contribution in [3.05, 3.63) is 65.2 Å². The average Bonchev–Trinajstić information content (AvgIpc) is 2.56. The van der Waals surface area contributed by atoms with Gasteiger partial charge in [-0.3, -0.25) is 9.59 Å². The number of hydrogen-bond donors (Lipinski definition) is 2. The molecule has 1 unspecified atom stereocenters. The van der Waals surface area contributed by atoms with Gasteiger partial charge in [-0.25, -0.2) is 0 Å². The molecule has 2 aromatic rings. The Labute approximate surface area is 142 Å². The fourth-order valence-electron chi connectivity index (χ4n) is 2.40. The van der Waals surface area contributed by atoms with E-state index in [9.17, 15) is 9.59 Å². The number of aryl methyl sites for hydroxylation is 1. The lowest BCUT2D eigenvalue weighted by Crippen LogP contribution is -2.23. The van der Waals surface area contributed by atoms with Crippen LogP contribution in [0.15, 0.2) is 48.5 Å². The topological polar surface area (TPSA) is 75.4 Å². The third-order valence-electron chi connectivity index (χ3n) is 3.79. The predicted molar refractivity (Wildman–Crippen MR) is 95.8 cm³/mol. The number of carbonyl (C=O) groups excluding carboxylic acids is 2. The van der Waals surface area contributed by atoms with Gasteiger partial charge in [0.25, 0.3) is 5.91 Å². The van der Waals surface area contributed by atoms with Gasteiger partial charge in [-0.2, -0.15) is 0 Å². The molecular weight excluding hydrogens is 302 g/mol. The Morgan fingerprint density at radius 3 is 2.42 bits per heavy atom. The van der Waals surface area contributed by atoms with Crippen molar-refractivity contribution in [2.45, 2.75) is 19.4 Å². The summed E-state index contributed by atoms with van der Waals surface area (Å²) in [6, 6.07) is 14.4. The number of amides is 2. The summed E-state index contributed by atoms with van der Waals surface area (Å²) in [6.07, 6.45) is 0.175. The van der Waals surface area contributed by atoms with Gasteiger partial charge in [0.05, 0.1) is 0 Å². The van der Waals surface area contributed by atoms with Gasteiger partial charge in [0.15, 0.2) is 0 Å². The third kappa shape index (κ3) is 4.43. The monoisotopic (exact) mass is 325 g/mol. The first-order valence-electron chi connectivity index (χ1n) is 7.81. The Hall–Kier alpha value is -2.66. The summed E-state index contributed by atoms with van der Waals surface area (Å²) in [6.45, 7) is 1.87. The summed E-state index contributed by atoms with van der Waals surface area (Å²) in [5.41, 5.74) is 9.02. The van der Waals surface area contributed by atoms with Gasteiger partial charge in [0, 0.05) is 37.8 Å². The van der Waals surface area contributed by atoms with E-state index in [-0.39, 0.29) is 24.3 Å². The molecule has 1 atom stereocenters. The van der Waals surface area contributed by atoms with Crippen molar-refractivity contribution in [2.75, 3.05) is 19.4 Å². The molecule has 0 aromatic heterocycles. The Balaban J connectivity index is 2.07. The minimum atomic E-state index is -0.362. The van der Waals surface area contributed by atoms with Gasteiger partial charge in [0.2, 0.25) is 5.91 Å². The Morgan fingerprint density at radius 1 is 1.12 bits per heavy atom. The van der Waals surface area contributed by atoms with Crippen LogP contribution >= 0.6 is 0 Å². The zero-order valence-corrected chi connectivity index (χ0v) is 14.2. The molecule has 0 saturated heterocycles. The van der Waals surface area contributed by atoms with E-state index in [1.54, 1.807) is 26.2 Å². The van der Waals surface area contributed by atoms with Crippen LogP contribution < -0.4 is 11.1 Å². The lowest BCUT2D eigenvalue weighted by atomic mass is 10.0. The zero-order valence-electron chi connectivity index (χ0n) is 14.2. The molecule has 0 aliphatic rings. The van der Waals surface area contributed by atoms with Gasteiger partial charge in [-0.15, -0.1) is 0 Å². The van der Waals surface area contributed by atoms with Crippen LogP contribution in [-0.2, 0) is 4.79 Å². The minimum Gasteiger partial charge on any atom is -0.345 e. The molecular formula is C19H23N3O2. The maximum absolute atomic E-state index is 12.2. The highest BCUT2D eigenvalue weighted by molar-refractivity contribution is 5.98. The van der Waals surface area contributed by atoms with Crippen LogP contribution in [0.2, 0.25) is 0 Å². The molecule has 2 amide bonds. The molecule has 0 aliphatic heterocycles. The van der Waals surface area contributed by atoms with Crippen LogP contribution in [0.1, 0.15) is 33.9 Å². The van der Waals surface area contributed by atoms with Crippen LogP contribution in [0.3, 0.4) is 0 Å². The van der Waals surface area contributed by atoms with E-state index in [4.69, 9.17) is 5.73 Å². The Bertz CT molecular complexity index is 727. The lowest BCUT2D eigenvalue weighted by Gasteiger charge is -2.15. The fraction of sp³-hybridized carbons (Fsp3) is 0.263. The second-order valence-electron chi connectivity index (χ2n) is 6.00. The molecule has 2 aromatic carbocycles. The first kappa shape index (κ1) is 17.7. The van der Waals surface area contributed by atoms with Crippen LogP contribution in [0, 0.1) is 6.92 Å². The molecule has 3 N–H and O–H groups in total. The molecule has 0 aliphatic carbocycles. The summed E-state index contributed by atoms with van der Waals surface area (Å²) >= 11 is 0. The summed E-state index contributed by atoms with van der Waals surface area (Å²) in [5.74, 6) is -0.275. The molecule has 5 nitrogen and oxygen atoms in total. The van der Waals surface area contributed by atoms with Crippen LogP contribution in [0.5, 0.6) is 0 Å². The number of carbonyl (C=O) groups is 2. The van der Waals surface area contributed by atoms with Crippen LogP contribution in [0.4, 0.5) is 5.69 Å². The van der Waals surface area contributed by atoms with Crippen molar-refractivity contribution < 1.29 is 9.59 Å². The maximum Gasteiger partial charge on any atom is 0.253 e. The van der Waals surface area contributed by atoms with Crippen molar-refractivity contribution in [1.29, 1.82) is 0 Å². The van der Waals surface area contributed by atoms with Gasteiger partial charge in [0.1, 0.15) is 0 Å². The van der Waals surface area contributed by atoms with E-state index < -0.39 is 0 Å². The summed E-state index contributed by atoms with van der Waals surface area (Å²) in [7, 11) is 3.40. The molecule has 126 valence electrons. The van der Waals surface area contributed by atoms with Crippen LogP contribution in [-0.4, -0.2) is 30.8 Å². The summed E-state index contributed by atoms with van der Waals surface area (Å²) < 4.78 is 0. The SMILES string of the molecule is Cc1ccc(NC(=O)CC(N)c2ccccc2)cc1C(=O)N(C)C. The van der Waals surface area contributed by atoms with E-state index >= 15 is 0 Å². The summed E-state index contributed by atoms with van der Waals surface area (Å²) in [5, 5.41) is 2.81. The standard InChI is InChI=1S/C19H23N3O2/c1-13-9-10-15(11-16(13)19(24)22(2)3)21-18(23)12-17(20)14-7-5-4-6-8-14/h4-11,17H,12,20H2,1-3H3,(H,21,23). The van der Waals surface area contributed by atoms with E-state index in [0.29, 0.717) is 11.3 Å². The van der Waals surface area contributed by atoms with Crippen molar-refractivity contribution >= 4 is 17.5 Å². The molecule has 5 heteroatoms. The van der Waals surface area contributed by atoms with Crippen molar-refractivity contribution in [3.8, 4) is 0 Å². The number of benzene rings is 2. The number of nitrogens with two attached hydrogens (primary N) is 1. The molecule has 0 radical (unpaired) electrons. The minimum absolute atomic E-state index is 0.0930. The first-order chi connectivity index (χ1) is 11.4.